The zero-order valence-corrected chi connectivity index (χ0v) is 18.6. The Bertz CT molecular complexity index is 1360. The normalized spacial score (nSPS) is 10.8. The van der Waals surface area contributed by atoms with E-state index in [-0.39, 0.29) is 10.7 Å². The summed E-state index contributed by atoms with van der Waals surface area (Å²) in [6.45, 7) is 1.88. The number of aryl methyl sites for hydroxylation is 1. The molecule has 0 aliphatic heterocycles. The van der Waals surface area contributed by atoms with Gasteiger partial charge < -0.3 is 10.1 Å². The molecule has 0 saturated carbocycles. The largest absolute Gasteiger partial charge is 0.495 e. The van der Waals surface area contributed by atoms with Crippen LogP contribution in [0, 0.1) is 12.7 Å². The van der Waals surface area contributed by atoms with E-state index in [9.17, 15) is 9.18 Å². The van der Waals surface area contributed by atoms with Gasteiger partial charge in [-0.2, -0.15) is 4.80 Å². The molecule has 0 fully saturated rings. The molecule has 4 aromatic rings. The molecule has 7 nitrogen and oxygen atoms in total. The number of rotatable bonds is 4. The number of hydrogen-bond donors (Lipinski definition) is 2. The molecule has 1 aromatic heterocycles. The molecule has 1 heterocycles. The molecule has 0 spiro atoms. The maximum atomic E-state index is 13.3. The second kappa shape index (κ2) is 8.89. The summed E-state index contributed by atoms with van der Waals surface area (Å²) in [4.78, 5) is 13.8. The third-order valence-electron chi connectivity index (χ3n) is 4.65. The van der Waals surface area contributed by atoms with E-state index in [0.29, 0.717) is 33.2 Å². The highest BCUT2D eigenvalue weighted by molar-refractivity contribution is 7.80. The topological polar surface area (TPSA) is 81.1 Å². The highest BCUT2D eigenvalue weighted by Gasteiger charge is 2.13. The summed E-state index contributed by atoms with van der Waals surface area (Å²) < 4.78 is 18.5. The van der Waals surface area contributed by atoms with Crippen LogP contribution in [-0.2, 0) is 0 Å². The summed E-state index contributed by atoms with van der Waals surface area (Å²) in [6, 6.07) is 14.2. The van der Waals surface area contributed by atoms with Crippen LogP contribution < -0.4 is 15.4 Å². The van der Waals surface area contributed by atoms with Crippen molar-refractivity contribution < 1.29 is 13.9 Å². The number of aromatic nitrogens is 3. The molecule has 0 aliphatic carbocycles. The molecule has 0 unspecified atom stereocenters. The molecule has 0 atom stereocenters. The quantitative estimate of drug-likeness (QED) is 0.423. The molecule has 3 aromatic carbocycles. The Hall–Kier alpha value is -3.56. The van der Waals surface area contributed by atoms with Crippen LogP contribution in [0.1, 0.15) is 15.9 Å². The molecular formula is C22H17ClFN5O2S. The second-order valence-corrected chi connectivity index (χ2v) is 7.70. The van der Waals surface area contributed by atoms with Crippen LogP contribution in [0.2, 0.25) is 5.02 Å². The number of benzene rings is 3. The number of nitrogens with zero attached hydrogens (tertiary/aromatic N) is 3. The van der Waals surface area contributed by atoms with E-state index in [4.69, 9.17) is 28.6 Å². The van der Waals surface area contributed by atoms with Crippen molar-refractivity contribution in [2.45, 2.75) is 6.92 Å². The number of hydrogen-bond acceptors (Lipinski definition) is 5. The van der Waals surface area contributed by atoms with E-state index in [1.165, 1.54) is 23.0 Å². The highest BCUT2D eigenvalue weighted by atomic mass is 35.5. The minimum Gasteiger partial charge on any atom is -0.495 e. The van der Waals surface area contributed by atoms with E-state index in [0.717, 1.165) is 11.6 Å². The molecule has 0 radical (unpaired) electrons. The third kappa shape index (κ3) is 4.53. The summed E-state index contributed by atoms with van der Waals surface area (Å²) in [5.41, 5.74) is 3.64. The smallest absolute Gasteiger partial charge is 0.257 e. The Morgan fingerprint density at radius 2 is 1.88 bits per heavy atom. The van der Waals surface area contributed by atoms with Crippen molar-refractivity contribution in [2.24, 2.45) is 0 Å². The van der Waals surface area contributed by atoms with Gasteiger partial charge in [0.05, 0.1) is 17.8 Å². The minimum absolute atomic E-state index is 0.0797. The lowest BCUT2D eigenvalue weighted by atomic mass is 10.2. The van der Waals surface area contributed by atoms with Crippen molar-refractivity contribution in [3.63, 3.8) is 0 Å². The maximum absolute atomic E-state index is 13.3. The number of fused-ring (bicyclic) bond motifs is 1. The molecule has 0 bridgehead atoms. The number of nitrogens with one attached hydrogen (secondary N) is 2. The fraction of sp³-hybridized carbons (Fsp3) is 0.0909. The fourth-order valence-electron chi connectivity index (χ4n) is 3.06. The van der Waals surface area contributed by atoms with Gasteiger partial charge in [0.1, 0.15) is 22.6 Å². The number of halogens is 2. The van der Waals surface area contributed by atoms with Gasteiger partial charge in [0.2, 0.25) is 0 Å². The average molecular weight is 470 g/mol. The van der Waals surface area contributed by atoms with E-state index < -0.39 is 11.7 Å². The predicted octanol–water partition coefficient (Wildman–Crippen LogP) is 4.66. The Morgan fingerprint density at radius 1 is 1.12 bits per heavy atom. The number of ether oxygens (including phenoxy) is 1. The van der Waals surface area contributed by atoms with Crippen LogP contribution in [0.25, 0.3) is 16.7 Å². The van der Waals surface area contributed by atoms with Gasteiger partial charge in [-0.3, -0.25) is 10.1 Å². The summed E-state index contributed by atoms with van der Waals surface area (Å²) in [7, 11) is 1.55. The van der Waals surface area contributed by atoms with Crippen LogP contribution in [0.15, 0.2) is 54.6 Å². The molecule has 4 rings (SSSR count). The van der Waals surface area contributed by atoms with Gasteiger partial charge in [-0.25, -0.2) is 4.39 Å². The van der Waals surface area contributed by atoms with Crippen molar-refractivity contribution in [2.75, 3.05) is 12.4 Å². The Morgan fingerprint density at radius 3 is 2.56 bits per heavy atom. The number of carbonyl (C=O) groups is 1. The van der Waals surface area contributed by atoms with Crippen molar-refractivity contribution in [1.82, 2.24) is 20.3 Å². The first-order valence-corrected chi connectivity index (χ1v) is 10.2. The Kier molecular flexibility index (Phi) is 6.02. The fourth-order valence-corrected chi connectivity index (χ4v) is 3.51. The summed E-state index contributed by atoms with van der Waals surface area (Å²) in [5, 5.41) is 15.1. The van der Waals surface area contributed by atoms with Gasteiger partial charge in [-0.1, -0.05) is 17.7 Å². The van der Waals surface area contributed by atoms with Crippen molar-refractivity contribution in [3.05, 3.63) is 76.6 Å². The van der Waals surface area contributed by atoms with Gasteiger partial charge in [0.25, 0.3) is 5.91 Å². The number of anilines is 1. The van der Waals surface area contributed by atoms with Gasteiger partial charge in [-0.15, -0.1) is 10.2 Å². The molecule has 1 amide bonds. The van der Waals surface area contributed by atoms with E-state index in [1.54, 1.807) is 31.4 Å². The van der Waals surface area contributed by atoms with Gasteiger partial charge in [-0.05, 0) is 73.2 Å². The minimum atomic E-state index is -0.511. The standard InChI is InChI=1S/C22H17ClFN5O2S/c1-12-8-18-19(28-29(27-18)15-6-7-20(31-2)16(23)10-15)11-17(12)25-22(32)26-21(30)13-4-3-5-14(24)9-13/h3-11H,1-2H3,(H2,25,26,30,32). The number of thiocarbonyl (C=S) groups is 1. The number of carbonyl (C=O) groups excluding carboxylic acids is 1. The van der Waals surface area contributed by atoms with E-state index in [2.05, 4.69) is 20.8 Å². The van der Waals surface area contributed by atoms with Crippen molar-refractivity contribution in [1.29, 1.82) is 0 Å². The van der Waals surface area contributed by atoms with Crippen LogP contribution >= 0.6 is 23.8 Å². The van der Waals surface area contributed by atoms with E-state index in [1.807, 2.05) is 13.0 Å². The first-order chi connectivity index (χ1) is 15.3. The third-order valence-corrected chi connectivity index (χ3v) is 5.15. The van der Waals surface area contributed by atoms with Crippen LogP contribution in [0.5, 0.6) is 5.75 Å². The van der Waals surface area contributed by atoms with Crippen molar-refractivity contribution >= 4 is 51.6 Å². The first kappa shape index (κ1) is 21.7. The SMILES string of the molecule is COc1ccc(-n2nc3cc(C)c(NC(=S)NC(=O)c4cccc(F)c4)cc3n2)cc1Cl. The van der Waals surface area contributed by atoms with Crippen molar-refractivity contribution in [3.8, 4) is 11.4 Å². The van der Waals surface area contributed by atoms with Crippen LogP contribution in [-0.4, -0.2) is 33.1 Å². The first-order valence-electron chi connectivity index (χ1n) is 9.43. The molecule has 2 N–H and O–H groups in total. The van der Waals surface area contributed by atoms with Gasteiger partial charge in [0.15, 0.2) is 5.11 Å². The zero-order chi connectivity index (χ0) is 22.8. The lowest BCUT2D eigenvalue weighted by Gasteiger charge is -2.11. The Balaban J connectivity index is 1.54. The molecule has 10 heteroatoms. The van der Waals surface area contributed by atoms with Crippen LogP contribution in [0.4, 0.5) is 10.1 Å². The second-order valence-electron chi connectivity index (χ2n) is 6.88. The summed E-state index contributed by atoms with van der Waals surface area (Å²) >= 11 is 11.4. The lowest BCUT2D eigenvalue weighted by Crippen LogP contribution is -2.34. The predicted molar refractivity (Wildman–Crippen MR) is 125 cm³/mol. The summed E-state index contributed by atoms with van der Waals surface area (Å²) in [6.07, 6.45) is 0. The Labute approximate surface area is 193 Å². The van der Waals surface area contributed by atoms with Gasteiger partial charge in [0, 0.05) is 11.3 Å². The summed E-state index contributed by atoms with van der Waals surface area (Å²) in [5.74, 6) is -0.453. The van der Waals surface area contributed by atoms with Crippen LogP contribution in [0.3, 0.4) is 0 Å². The monoisotopic (exact) mass is 469 g/mol. The molecule has 162 valence electrons. The lowest BCUT2D eigenvalue weighted by molar-refractivity contribution is 0.0977. The average Bonchev–Trinajstić information content (AvgIpc) is 3.16. The molecule has 32 heavy (non-hydrogen) atoms. The zero-order valence-electron chi connectivity index (χ0n) is 17.0. The van der Waals surface area contributed by atoms with Gasteiger partial charge >= 0.3 is 0 Å². The number of methoxy groups -OCH3 is 1. The van der Waals surface area contributed by atoms with E-state index >= 15 is 0 Å². The molecule has 0 aliphatic rings. The maximum Gasteiger partial charge on any atom is 0.257 e. The number of amides is 1. The molecule has 0 saturated heterocycles. The molecular weight excluding hydrogens is 453 g/mol. The highest BCUT2D eigenvalue weighted by Crippen LogP contribution is 2.27.